The molecule has 2 N–H and O–H groups in total. The summed E-state index contributed by atoms with van der Waals surface area (Å²) in [5.41, 5.74) is 0.497. The van der Waals surface area contributed by atoms with Gasteiger partial charge in [-0.3, -0.25) is 0 Å². The summed E-state index contributed by atoms with van der Waals surface area (Å²) in [6, 6.07) is 7.22. The van der Waals surface area contributed by atoms with Gasteiger partial charge in [0.15, 0.2) is 11.6 Å². The minimum absolute atomic E-state index is 0.0675. The summed E-state index contributed by atoms with van der Waals surface area (Å²) < 4.78 is 54.8. The molecule has 2 rings (SSSR count). The number of hydrogen-bond acceptors (Lipinski definition) is 3. The third-order valence-corrected chi connectivity index (χ3v) is 3.92. The van der Waals surface area contributed by atoms with Gasteiger partial charge in [0.2, 0.25) is 10.0 Å². The monoisotopic (exact) mass is 377 g/mol. The van der Waals surface area contributed by atoms with Crippen molar-refractivity contribution >= 4 is 26.0 Å². The van der Waals surface area contributed by atoms with Crippen LogP contribution in [-0.4, -0.2) is 8.42 Å². The molecule has 0 heterocycles. The van der Waals surface area contributed by atoms with Crippen molar-refractivity contribution in [1.82, 2.24) is 0 Å². The van der Waals surface area contributed by atoms with Crippen molar-refractivity contribution in [1.29, 1.82) is 0 Å². The van der Waals surface area contributed by atoms with Crippen LogP contribution in [0.3, 0.4) is 0 Å². The lowest BCUT2D eigenvalue weighted by atomic mass is 10.2. The van der Waals surface area contributed by atoms with Crippen LogP contribution in [0.15, 0.2) is 45.8 Å². The van der Waals surface area contributed by atoms with Crippen LogP contribution in [0.1, 0.15) is 5.56 Å². The van der Waals surface area contributed by atoms with Gasteiger partial charge in [-0.25, -0.2) is 22.3 Å². The van der Waals surface area contributed by atoms with E-state index in [4.69, 9.17) is 9.88 Å². The Balaban J connectivity index is 2.17. The van der Waals surface area contributed by atoms with Crippen molar-refractivity contribution < 1.29 is 21.9 Å². The third-order valence-electron chi connectivity index (χ3n) is 2.55. The standard InChI is InChI=1S/C13H10BrF2NO3S/c14-9-3-8(4-10(15)5-9)7-20-13-2-1-11(6-12(13)16)21(17,18)19/h1-6H,7H2,(H2,17,18,19). The highest BCUT2D eigenvalue weighted by Gasteiger charge is 2.12. The number of nitrogens with two attached hydrogens (primary N) is 1. The van der Waals surface area contributed by atoms with Gasteiger partial charge in [0.1, 0.15) is 12.4 Å². The lowest BCUT2D eigenvalue weighted by molar-refractivity contribution is 0.289. The molecule has 112 valence electrons. The first-order valence-electron chi connectivity index (χ1n) is 5.66. The number of rotatable bonds is 4. The Bertz CT molecular complexity index is 761. The van der Waals surface area contributed by atoms with Crippen LogP contribution in [0.2, 0.25) is 0 Å². The summed E-state index contributed by atoms with van der Waals surface area (Å²) in [6.45, 7) is -0.0675. The zero-order chi connectivity index (χ0) is 15.6. The highest BCUT2D eigenvalue weighted by molar-refractivity contribution is 9.10. The second-order valence-electron chi connectivity index (χ2n) is 4.20. The highest BCUT2D eigenvalue weighted by Crippen LogP contribution is 2.22. The molecule has 21 heavy (non-hydrogen) atoms. The first-order chi connectivity index (χ1) is 9.75. The van der Waals surface area contributed by atoms with Gasteiger partial charge in [-0.1, -0.05) is 15.9 Å². The topological polar surface area (TPSA) is 69.4 Å². The van der Waals surface area contributed by atoms with E-state index < -0.39 is 21.7 Å². The van der Waals surface area contributed by atoms with Crippen molar-refractivity contribution in [2.75, 3.05) is 0 Å². The predicted molar refractivity (Wildman–Crippen MR) is 76.2 cm³/mol. The molecule has 0 aliphatic carbocycles. The Kier molecular flexibility index (Phi) is 4.60. The van der Waals surface area contributed by atoms with Crippen molar-refractivity contribution in [3.8, 4) is 5.75 Å². The molecule has 0 saturated carbocycles. The highest BCUT2D eigenvalue weighted by atomic mass is 79.9. The van der Waals surface area contributed by atoms with Crippen LogP contribution in [0.5, 0.6) is 5.75 Å². The molecule has 0 atom stereocenters. The largest absolute Gasteiger partial charge is 0.486 e. The molecule has 8 heteroatoms. The molecule has 2 aromatic carbocycles. The Morgan fingerprint density at radius 3 is 2.43 bits per heavy atom. The lowest BCUT2D eigenvalue weighted by Crippen LogP contribution is -2.12. The number of benzene rings is 2. The van der Waals surface area contributed by atoms with E-state index >= 15 is 0 Å². The number of primary sulfonamides is 1. The number of ether oxygens (including phenoxy) is 1. The van der Waals surface area contributed by atoms with E-state index in [2.05, 4.69) is 15.9 Å². The van der Waals surface area contributed by atoms with E-state index in [-0.39, 0.29) is 17.3 Å². The molecule has 0 amide bonds. The summed E-state index contributed by atoms with van der Waals surface area (Å²) in [7, 11) is -3.97. The molecule has 0 bridgehead atoms. The van der Waals surface area contributed by atoms with Crippen molar-refractivity contribution in [3.05, 3.63) is 58.1 Å². The van der Waals surface area contributed by atoms with Gasteiger partial charge < -0.3 is 4.74 Å². The van der Waals surface area contributed by atoms with Crippen LogP contribution in [0.4, 0.5) is 8.78 Å². The molecule has 0 spiro atoms. The molecule has 0 saturated heterocycles. The minimum Gasteiger partial charge on any atom is -0.486 e. The van der Waals surface area contributed by atoms with Gasteiger partial charge in [0.05, 0.1) is 4.90 Å². The van der Waals surface area contributed by atoms with Gasteiger partial charge in [-0.15, -0.1) is 0 Å². The van der Waals surface area contributed by atoms with E-state index in [0.717, 1.165) is 18.2 Å². The van der Waals surface area contributed by atoms with Crippen LogP contribution in [-0.2, 0) is 16.6 Å². The normalized spacial score (nSPS) is 11.4. The van der Waals surface area contributed by atoms with Gasteiger partial charge in [0, 0.05) is 4.47 Å². The van der Waals surface area contributed by atoms with E-state index in [9.17, 15) is 17.2 Å². The summed E-state index contributed by atoms with van der Waals surface area (Å²) in [6.07, 6.45) is 0. The number of halogens is 3. The first-order valence-corrected chi connectivity index (χ1v) is 8.00. The molecule has 0 fully saturated rings. The Hall–Kier alpha value is -1.51. The SMILES string of the molecule is NS(=O)(=O)c1ccc(OCc2cc(F)cc(Br)c2)c(F)c1. The maximum atomic E-state index is 13.7. The molecule has 0 aromatic heterocycles. The van der Waals surface area contributed by atoms with E-state index in [1.165, 1.54) is 12.1 Å². The Morgan fingerprint density at radius 1 is 1.14 bits per heavy atom. The molecule has 0 aliphatic rings. The van der Waals surface area contributed by atoms with Crippen molar-refractivity contribution in [3.63, 3.8) is 0 Å². The lowest BCUT2D eigenvalue weighted by Gasteiger charge is -2.09. The molecular formula is C13H10BrF2NO3S. The average molecular weight is 378 g/mol. The Labute approximate surface area is 128 Å². The number of sulfonamides is 1. The maximum absolute atomic E-state index is 13.7. The van der Waals surface area contributed by atoms with E-state index in [0.29, 0.717) is 10.0 Å². The zero-order valence-electron chi connectivity index (χ0n) is 10.5. The summed E-state index contributed by atoms with van der Waals surface area (Å²) >= 11 is 3.13. The van der Waals surface area contributed by atoms with Crippen LogP contribution < -0.4 is 9.88 Å². The summed E-state index contributed by atoms with van der Waals surface area (Å²) in [5, 5.41) is 4.89. The fraction of sp³-hybridized carbons (Fsp3) is 0.0769. The van der Waals surface area contributed by atoms with Crippen molar-refractivity contribution in [2.24, 2.45) is 5.14 Å². The second-order valence-corrected chi connectivity index (χ2v) is 6.68. The molecule has 2 aromatic rings. The average Bonchev–Trinajstić information content (AvgIpc) is 2.35. The van der Waals surface area contributed by atoms with Crippen LogP contribution in [0.25, 0.3) is 0 Å². The van der Waals surface area contributed by atoms with Gasteiger partial charge in [-0.05, 0) is 42.0 Å². The third kappa shape index (κ3) is 4.23. The fourth-order valence-corrected chi connectivity index (χ4v) is 2.67. The first kappa shape index (κ1) is 15.9. The summed E-state index contributed by atoms with van der Waals surface area (Å²) in [4.78, 5) is -0.346. The quantitative estimate of drug-likeness (QED) is 0.890. The van der Waals surface area contributed by atoms with Crippen molar-refractivity contribution in [2.45, 2.75) is 11.5 Å². The fourth-order valence-electron chi connectivity index (χ4n) is 1.63. The molecule has 0 aliphatic heterocycles. The van der Waals surface area contributed by atoms with Gasteiger partial charge >= 0.3 is 0 Å². The van der Waals surface area contributed by atoms with E-state index in [1.54, 1.807) is 6.07 Å². The van der Waals surface area contributed by atoms with Crippen LogP contribution >= 0.6 is 15.9 Å². The smallest absolute Gasteiger partial charge is 0.238 e. The predicted octanol–water partition coefficient (Wildman–Crippen LogP) is 2.95. The van der Waals surface area contributed by atoms with Gasteiger partial charge in [0.25, 0.3) is 0 Å². The Morgan fingerprint density at radius 2 is 1.86 bits per heavy atom. The molecule has 0 radical (unpaired) electrons. The minimum atomic E-state index is -3.97. The van der Waals surface area contributed by atoms with Crippen LogP contribution in [0, 0.1) is 11.6 Å². The zero-order valence-corrected chi connectivity index (χ0v) is 12.9. The number of hydrogen-bond donors (Lipinski definition) is 1. The molecule has 4 nitrogen and oxygen atoms in total. The summed E-state index contributed by atoms with van der Waals surface area (Å²) in [5.74, 6) is -1.47. The molecule has 0 unspecified atom stereocenters. The maximum Gasteiger partial charge on any atom is 0.238 e. The second kappa shape index (κ2) is 6.08. The van der Waals surface area contributed by atoms with E-state index in [1.807, 2.05) is 0 Å². The van der Waals surface area contributed by atoms with Gasteiger partial charge in [-0.2, -0.15) is 0 Å². The molecular weight excluding hydrogens is 368 g/mol.